The first-order valence-corrected chi connectivity index (χ1v) is 13.2. The number of hydrogen-bond acceptors (Lipinski definition) is 4. The molecule has 0 spiro atoms. The van der Waals surface area contributed by atoms with Crippen LogP contribution in [0.4, 0.5) is 26.3 Å². The van der Waals surface area contributed by atoms with Gasteiger partial charge in [0.2, 0.25) is 0 Å². The Labute approximate surface area is 254 Å². The highest BCUT2D eigenvalue weighted by Gasteiger charge is 2.39. The Balaban J connectivity index is 0.00000308. The summed E-state index contributed by atoms with van der Waals surface area (Å²) >= 11 is 0. The molecular formula is C29H35Cl2F6N3O2. The monoisotopic (exact) mass is 641 g/mol. The molecule has 2 aromatic rings. The average Bonchev–Trinajstić information content (AvgIpc) is 2.90. The maximum atomic E-state index is 13.5. The predicted octanol–water partition coefficient (Wildman–Crippen LogP) is 6.10. The summed E-state index contributed by atoms with van der Waals surface area (Å²) in [6.07, 6.45) is -5.72. The van der Waals surface area contributed by atoms with Crippen molar-refractivity contribution in [2.45, 2.75) is 44.8 Å². The SMILES string of the molecule is Cc1ccc(CC2CN(C/C=C/C3CNCCO3)CCN2C(=O)c2cc(C(F)(F)F)cc(C(F)(F)F)c2)cc1C.Cl.Cl. The van der Waals surface area contributed by atoms with Gasteiger partial charge < -0.3 is 15.0 Å². The summed E-state index contributed by atoms with van der Waals surface area (Å²) in [5.41, 5.74) is -0.540. The molecule has 2 saturated heterocycles. The van der Waals surface area contributed by atoms with Crippen LogP contribution in [0.1, 0.15) is 38.2 Å². The highest BCUT2D eigenvalue weighted by Crippen LogP contribution is 2.37. The summed E-state index contributed by atoms with van der Waals surface area (Å²) in [7, 11) is 0. The van der Waals surface area contributed by atoms with Gasteiger partial charge >= 0.3 is 12.4 Å². The third kappa shape index (κ3) is 9.34. The molecule has 2 aliphatic rings. The van der Waals surface area contributed by atoms with Crippen molar-refractivity contribution < 1.29 is 35.9 Å². The number of nitrogens with one attached hydrogen (secondary N) is 1. The van der Waals surface area contributed by atoms with Crippen LogP contribution in [0.25, 0.3) is 0 Å². The Hall–Kier alpha value is -2.31. The first-order chi connectivity index (χ1) is 18.8. The maximum Gasteiger partial charge on any atom is 0.416 e. The van der Waals surface area contributed by atoms with Gasteiger partial charge in [0.05, 0.1) is 23.8 Å². The van der Waals surface area contributed by atoms with E-state index in [1.165, 1.54) is 4.90 Å². The Bertz CT molecular complexity index is 1200. The van der Waals surface area contributed by atoms with Gasteiger partial charge in [0, 0.05) is 50.9 Å². The highest BCUT2D eigenvalue weighted by atomic mass is 35.5. The lowest BCUT2D eigenvalue weighted by Gasteiger charge is -2.41. The van der Waals surface area contributed by atoms with Crippen LogP contribution in [0.5, 0.6) is 0 Å². The van der Waals surface area contributed by atoms with Crippen LogP contribution in [0.15, 0.2) is 48.6 Å². The average molecular weight is 643 g/mol. The van der Waals surface area contributed by atoms with E-state index in [0.29, 0.717) is 51.3 Å². The molecule has 1 N–H and O–H groups in total. The molecule has 0 aliphatic carbocycles. The van der Waals surface area contributed by atoms with Crippen LogP contribution in [0, 0.1) is 13.8 Å². The van der Waals surface area contributed by atoms with E-state index in [9.17, 15) is 31.1 Å². The Morgan fingerprint density at radius 2 is 1.64 bits per heavy atom. The van der Waals surface area contributed by atoms with Crippen LogP contribution in [0.3, 0.4) is 0 Å². The minimum Gasteiger partial charge on any atom is -0.372 e. The summed E-state index contributed by atoms with van der Waals surface area (Å²) in [5, 5.41) is 3.25. The van der Waals surface area contributed by atoms with Crippen LogP contribution in [-0.4, -0.2) is 73.7 Å². The molecule has 0 bridgehead atoms. The van der Waals surface area contributed by atoms with Crippen molar-refractivity contribution in [1.82, 2.24) is 15.1 Å². The first-order valence-electron chi connectivity index (χ1n) is 13.2. The number of nitrogens with zero attached hydrogens (tertiary/aromatic N) is 2. The van der Waals surface area contributed by atoms with Gasteiger partial charge in [-0.25, -0.2) is 0 Å². The Morgan fingerprint density at radius 1 is 0.976 bits per heavy atom. The second-order valence-corrected chi connectivity index (χ2v) is 10.4. The molecule has 5 nitrogen and oxygen atoms in total. The molecule has 2 aromatic carbocycles. The summed E-state index contributed by atoms with van der Waals surface area (Å²) in [6.45, 7) is 7.66. The topological polar surface area (TPSA) is 44.8 Å². The normalized spacial score (nSPS) is 20.2. The fraction of sp³-hybridized carbons (Fsp3) is 0.483. The van der Waals surface area contributed by atoms with E-state index >= 15 is 0 Å². The molecule has 234 valence electrons. The van der Waals surface area contributed by atoms with Gasteiger partial charge in [-0.1, -0.05) is 30.4 Å². The lowest BCUT2D eigenvalue weighted by Crippen LogP contribution is -2.56. The van der Waals surface area contributed by atoms with Crippen molar-refractivity contribution in [3.8, 4) is 0 Å². The number of benzene rings is 2. The summed E-state index contributed by atoms with van der Waals surface area (Å²) in [5.74, 6) is -0.845. The van der Waals surface area contributed by atoms with Gasteiger partial charge in [-0.15, -0.1) is 24.8 Å². The van der Waals surface area contributed by atoms with Gasteiger partial charge in [0.15, 0.2) is 0 Å². The zero-order chi connectivity index (χ0) is 29.1. The van der Waals surface area contributed by atoms with Gasteiger partial charge in [-0.3, -0.25) is 9.69 Å². The number of ether oxygens (including phenoxy) is 1. The predicted molar refractivity (Wildman–Crippen MR) is 154 cm³/mol. The number of alkyl halides is 6. The van der Waals surface area contributed by atoms with Crippen molar-refractivity contribution in [2.24, 2.45) is 0 Å². The van der Waals surface area contributed by atoms with E-state index in [1.54, 1.807) is 0 Å². The molecule has 4 rings (SSSR count). The molecule has 2 atom stereocenters. The first kappa shape index (κ1) is 35.9. The fourth-order valence-corrected chi connectivity index (χ4v) is 5.05. The number of rotatable bonds is 6. The van der Waals surface area contributed by atoms with Crippen LogP contribution in [0.2, 0.25) is 0 Å². The van der Waals surface area contributed by atoms with E-state index in [-0.39, 0.29) is 43.5 Å². The molecule has 0 saturated carbocycles. The Morgan fingerprint density at radius 3 is 2.21 bits per heavy atom. The van der Waals surface area contributed by atoms with E-state index < -0.39 is 41.0 Å². The number of halogens is 8. The summed E-state index contributed by atoms with van der Waals surface area (Å²) in [4.78, 5) is 17.1. The van der Waals surface area contributed by atoms with E-state index in [4.69, 9.17) is 4.74 Å². The minimum absolute atomic E-state index is 0. The number of aryl methyl sites for hydroxylation is 2. The van der Waals surface area contributed by atoms with Crippen molar-refractivity contribution in [1.29, 1.82) is 0 Å². The Kier molecular flexibility index (Phi) is 12.7. The second-order valence-electron chi connectivity index (χ2n) is 10.4. The number of morpholine rings is 1. The van der Waals surface area contributed by atoms with Gasteiger partial charge in [-0.2, -0.15) is 26.3 Å². The number of hydrogen-bond donors (Lipinski definition) is 1. The zero-order valence-electron chi connectivity index (χ0n) is 23.2. The summed E-state index contributed by atoms with van der Waals surface area (Å²) in [6, 6.07) is 6.50. The molecule has 2 fully saturated rings. The van der Waals surface area contributed by atoms with Crippen LogP contribution in [-0.2, 0) is 23.5 Å². The lowest BCUT2D eigenvalue weighted by molar-refractivity contribution is -0.143. The minimum atomic E-state index is -5.03. The molecule has 0 radical (unpaired) electrons. The molecule has 2 unspecified atom stereocenters. The molecular weight excluding hydrogens is 607 g/mol. The van der Waals surface area contributed by atoms with Crippen molar-refractivity contribution >= 4 is 30.7 Å². The van der Waals surface area contributed by atoms with Crippen molar-refractivity contribution in [3.05, 3.63) is 81.9 Å². The van der Waals surface area contributed by atoms with E-state index in [2.05, 4.69) is 10.2 Å². The largest absolute Gasteiger partial charge is 0.416 e. The molecule has 2 heterocycles. The quantitative estimate of drug-likeness (QED) is 0.306. The van der Waals surface area contributed by atoms with Crippen molar-refractivity contribution in [2.75, 3.05) is 45.9 Å². The van der Waals surface area contributed by atoms with Crippen LogP contribution >= 0.6 is 24.8 Å². The zero-order valence-corrected chi connectivity index (χ0v) is 24.9. The third-order valence-corrected chi connectivity index (χ3v) is 7.38. The number of amides is 1. The fourth-order valence-electron chi connectivity index (χ4n) is 5.05. The van der Waals surface area contributed by atoms with Gasteiger partial charge in [0.1, 0.15) is 0 Å². The van der Waals surface area contributed by atoms with Gasteiger partial charge in [0.25, 0.3) is 5.91 Å². The number of carbonyl (C=O) groups is 1. The van der Waals surface area contributed by atoms with Crippen molar-refractivity contribution in [3.63, 3.8) is 0 Å². The number of piperazine rings is 1. The van der Waals surface area contributed by atoms with E-state index in [1.807, 2.05) is 44.2 Å². The molecule has 0 aromatic heterocycles. The standard InChI is InChI=1S/C29H33F6N3O2.2ClH/c1-19-5-6-21(12-20(19)2)13-25-18-37(8-3-4-26-17-36-7-11-40-26)9-10-38(25)27(39)22-14-23(28(30,31)32)16-24(15-22)29(33,34)35;;/h3-6,12,14-16,25-26,36H,7-11,13,17-18H2,1-2H3;2*1H/b4-3+;;. The highest BCUT2D eigenvalue weighted by molar-refractivity contribution is 5.95. The lowest BCUT2D eigenvalue weighted by atomic mass is 9.97. The number of carbonyl (C=O) groups excluding carboxylic acids is 1. The molecule has 2 aliphatic heterocycles. The van der Waals surface area contributed by atoms with Gasteiger partial charge in [-0.05, 0) is 55.2 Å². The molecule has 1 amide bonds. The third-order valence-electron chi connectivity index (χ3n) is 7.38. The summed E-state index contributed by atoms with van der Waals surface area (Å²) < 4.78 is 86.4. The molecule has 13 heteroatoms. The maximum absolute atomic E-state index is 13.5. The smallest absolute Gasteiger partial charge is 0.372 e. The molecule has 42 heavy (non-hydrogen) atoms. The second kappa shape index (κ2) is 14.9. The van der Waals surface area contributed by atoms with E-state index in [0.717, 1.165) is 23.2 Å². The van der Waals surface area contributed by atoms with Crippen LogP contribution < -0.4 is 5.32 Å².